The fourth-order valence-corrected chi connectivity index (χ4v) is 1.60. The van der Waals surface area contributed by atoms with Crippen LogP contribution in [-0.4, -0.2) is 34.5 Å². The Morgan fingerprint density at radius 3 is 2.53 bits per heavy atom. The summed E-state index contributed by atoms with van der Waals surface area (Å²) in [4.78, 5) is 11.4. The minimum absolute atomic E-state index is 0.136. The Balaban J connectivity index is 2.93. The highest BCUT2D eigenvalue weighted by Gasteiger charge is 2.33. The minimum atomic E-state index is -1.80. The van der Waals surface area contributed by atoms with Crippen LogP contribution in [0.5, 0.6) is 5.75 Å². The molecule has 0 aliphatic rings. The molecule has 0 saturated heterocycles. The summed E-state index contributed by atoms with van der Waals surface area (Å²) in [7, 11) is 0. The van der Waals surface area contributed by atoms with Gasteiger partial charge in [-0.25, -0.2) is 0 Å². The molecule has 0 bridgehead atoms. The Hall–Kier alpha value is -1.59. The zero-order chi connectivity index (χ0) is 14.6. The number of carbonyl (C=O) groups is 1. The first kappa shape index (κ1) is 15.5. The molecule has 1 aromatic rings. The second-order valence-corrected chi connectivity index (χ2v) is 4.97. The number of carbonyl (C=O) groups excluding carboxylic acids is 1. The van der Waals surface area contributed by atoms with E-state index in [4.69, 9.17) is 4.74 Å². The SMILES string of the molecule is Cc1ccc(C(O)(CO)COC(=O)C(C)C)c(O)c1. The first-order valence-electron chi connectivity index (χ1n) is 6.10. The van der Waals surface area contributed by atoms with Crippen molar-refractivity contribution in [1.82, 2.24) is 0 Å². The number of rotatable bonds is 5. The third kappa shape index (κ3) is 3.68. The van der Waals surface area contributed by atoms with Crippen molar-refractivity contribution in [1.29, 1.82) is 0 Å². The number of aliphatic hydroxyl groups excluding tert-OH is 1. The maximum Gasteiger partial charge on any atom is 0.308 e. The second-order valence-electron chi connectivity index (χ2n) is 4.97. The zero-order valence-corrected chi connectivity index (χ0v) is 11.4. The molecule has 1 unspecified atom stereocenters. The number of ether oxygens (including phenoxy) is 1. The third-order valence-electron chi connectivity index (χ3n) is 2.84. The Labute approximate surface area is 112 Å². The standard InChI is InChI=1S/C14H20O5/c1-9(2)13(17)19-8-14(18,7-15)11-5-4-10(3)6-12(11)16/h4-6,9,15-16,18H,7-8H2,1-3H3. The van der Waals surface area contributed by atoms with Crippen LogP contribution >= 0.6 is 0 Å². The maximum atomic E-state index is 11.4. The van der Waals surface area contributed by atoms with Crippen LogP contribution in [0, 0.1) is 12.8 Å². The smallest absolute Gasteiger partial charge is 0.308 e. The number of phenols is 1. The van der Waals surface area contributed by atoms with Crippen molar-refractivity contribution in [2.24, 2.45) is 5.92 Å². The molecule has 19 heavy (non-hydrogen) atoms. The topological polar surface area (TPSA) is 87.0 Å². The fourth-order valence-electron chi connectivity index (χ4n) is 1.60. The average molecular weight is 268 g/mol. The van der Waals surface area contributed by atoms with Gasteiger partial charge in [-0.1, -0.05) is 26.0 Å². The highest BCUT2D eigenvalue weighted by molar-refractivity contribution is 5.71. The molecule has 0 fully saturated rings. The third-order valence-corrected chi connectivity index (χ3v) is 2.84. The molecule has 1 atom stereocenters. The first-order chi connectivity index (χ1) is 8.80. The molecule has 0 heterocycles. The lowest BCUT2D eigenvalue weighted by Crippen LogP contribution is -2.37. The van der Waals surface area contributed by atoms with Gasteiger partial charge in [0.05, 0.1) is 12.5 Å². The van der Waals surface area contributed by atoms with Crippen LogP contribution in [0.1, 0.15) is 25.0 Å². The van der Waals surface area contributed by atoms with E-state index in [9.17, 15) is 20.1 Å². The first-order valence-corrected chi connectivity index (χ1v) is 6.10. The van der Waals surface area contributed by atoms with Gasteiger partial charge in [-0.15, -0.1) is 0 Å². The second kappa shape index (κ2) is 6.04. The summed E-state index contributed by atoms with van der Waals surface area (Å²) in [5, 5.41) is 29.5. The molecule has 1 aromatic carbocycles. The van der Waals surface area contributed by atoms with E-state index in [0.29, 0.717) is 0 Å². The summed E-state index contributed by atoms with van der Waals surface area (Å²) in [6.45, 7) is 4.07. The summed E-state index contributed by atoms with van der Waals surface area (Å²) in [5.41, 5.74) is -0.847. The summed E-state index contributed by atoms with van der Waals surface area (Å²) < 4.78 is 4.94. The summed E-state index contributed by atoms with van der Waals surface area (Å²) in [5.74, 6) is -0.940. The van der Waals surface area contributed by atoms with Crippen LogP contribution in [0.25, 0.3) is 0 Å². The molecule has 5 nitrogen and oxygen atoms in total. The molecular weight excluding hydrogens is 248 g/mol. The highest BCUT2D eigenvalue weighted by Crippen LogP contribution is 2.30. The average Bonchev–Trinajstić information content (AvgIpc) is 2.35. The van der Waals surface area contributed by atoms with Crippen LogP contribution in [0.15, 0.2) is 18.2 Å². The van der Waals surface area contributed by atoms with E-state index < -0.39 is 24.8 Å². The molecule has 0 aliphatic carbocycles. The van der Waals surface area contributed by atoms with Gasteiger partial charge < -0.3 is 20.1 Å². The van der Waals surface area contributed by atoms with Gasteiger partial charge in [-0.2, -0.15) is 0 Å². The molecule has 106 valence electrons. The predicted molar refractivity (Wildman–Crippen MR) is 69.6 cm³/mol. The van der Waals surface area contributed by atoms with E-state index in [0.717, 1.165) is 5.56 Å². The lowest BCUT2D eigenvalue weighted by atomic mass is 9.93. The molecule has 0 radical (unpaired) electrons. The molecule has 3 N–H and O–H groups in total. The van der Waals surface area contributed by atoms with E-state index in [1.54, 1.807) is 26.8 Å². The summed E-state index contributed by atoms with van der Waals surface area (Å²) in [6.07, 6.45) is 0. The van der Waals surface area contributed by atoms with Crippen molar-refractivity contribution in [2.45, 2.75) is 26.4 Å². The molecular formula is C14H20O5. The van der Waals surface area contributed by atoms with Crippen LogP contribution in [0.4, 0.5) is 0 Å². The van der Waals surface area contributed by atoms with Gasteiger partial charge in [0.25, 0.3) is 0 Å². The molecule has 1 rings (SSSR count). The highest BCUT2D eigenvalue weighted by atomic mass is 16.5. The Bertz CT molecular complexity index is 455. The van der Waals surface area contributed by atoms with E-state index in [-0.39, 0.29) is 17.2 Å². The van der Waals surface area contributed by atoms with E-state index in [2.05, 4.69) is 0 Å². The molecule has 0 aromatic heterocycles. The Morgan fingerprint density at radius 1 is 1.42 bits per heavy atom. The maximum absolute atomic E-state index is 11.4. The van der Waals surface area contributed by atoms with E-state index in [1.165, 1.54) is 12.1 Å². The van der Waals surface area contributed by atoms with Crippen molar-refractivity contribution in [3.8, 4) is 5.75 Å². The Morgan fingerprint density at radius 2 is 2.05 bits per heavy atom. The number of phenolic OH excluding ortho intramolecular Hbond substituents is 1. The summed E-state index contributed by atoms with van der Waals surface area (Å²) >= 11 is 0. The predicted octanol–water partition coefficient (Wildman–Crippen LogP) is 1.08. The van der Waals surface area contributed by atoms with Crippen molar-refractivity contribution < 1.29 is 24.9 Å². The van der Waals surface area contributed by atoms with Crippen LogP contribution in [0.2, 0.25) is 0 Å². The zero-order valence-electron chi connectivity index (χ0n) is 11.4. The number of aryl methyl sites for hydroxylation is 1. The van der Waals surface area contributed by atoms with Crippen molar-refractivity contribution in [3.05, 3.63) is 29.3 Å². The van der Waals surface area contributed by atoms with Gasteiger partial charge in [0.2, 0.25) is 0 Å². The van der Waals surface area contributed by atoms with Crippen LogP contribution in [0.3, 0.4) is 0 Å². The number of esters is 1. The summed E-state index contributed by atoms with van der Waals surface area (Å²) in [6, 6.07) is 4.67. The largest absolute Gasteiger partial charge is 0.508 e. The van der Waals surface area contributed by atoms with E-state index in [1.807, 2.05) is 0 Å². The fraction of sp³-hybridized carbons (Fsp3) is 0.500. The molecule has 0 spiro atoms. The van der Waals surface area contributed by atoms with Crippen LogP contribution in [-0.2, 0) is 15.1 Å². The molecule has 0 saturated carbocycles. The van der Waals surface area contributed by atoms with Crippen molar-refractivity contribution in [3.63, 3.8) is 0 Å². The molecule has 5 heteroatoms. The number of hydrogen-bond donors (Lipinski definition) is 3. The van der Waals surface area contributed by atoms with Gasteiger partial charge in [0, 0.05) is 5.56 Å². The molecule has 0 amide bonds. The number of aromatic hydroxyl groups is 1. The normalized spacial score (nSPS) is 14.2. The van der Waals surface area contributed by atoms with Crippen molar-refractivity contribution in [2.75, 3.05) is 13.2 Å². The van der Waals surface area contributed by atoms with Gasteiger partial charge in [-0.05, 0) is 18.6 Å². The lowest BCUT2D eigenvalue weighted by molar-refractivity contribution is -0.158. The van der Waals surface area contributed by atoms with Gasteiger partial charge in [0.1, 0.15) is 18.0 Å². The van der Waals surface area contributed by atoms with E-state index >= 15 is 0 Å². The lowest BCUT2D eigenvalue weighted by Gasteiger charge is -2.27. The van der Waals surface area contributed by atoms with Gasteiger partial charge in [-0.3, -0.25) is 4.79 Å². The molecule has 0 aliphatic heterocycles. The minimum Gasteiger partial charge on any atom is -0.508 e. The van der Waals surface area contributed by atoms with Crippen molar-refractivity contribution >= 4 is 5.97 Å². The van der Waals surface area contributed by atoms with Crippen LogP contribution < -0.4 is 0 Å². The van der Waals surface area contributed by atoms with Gasteiger partial charge >= 0.3 is 5.97 Å². The number of hydrogen-bond acceptors (Lipinski definition) is 5. The number of aliphatic hydroxyl groups is 2. The monoisotopic (exact) mass is 268 g/mol. The number of benzene rings is 1. The van der Waals surface area contributed by atoms with Gasteiger partial charge in [0.15, 0.2) is 0 Å². The Kier molecular flexibility index (Phi) is 4.91. The quantitative estimate of drug-likeness (QED) is 0.696.